The lowest BCUT2D eigenvalue weighted by Crippen LogP contribution is -2.35. The molecule has 6 nitrogen and oxygen atoms in total. The third kappa shape index (κ3) is 4.46. The van der Waals surface area contributed by atoms with Crippen LogP contribution in [0.4, 0.5) is 5.69 Å². The van der Waals surface area contributed by atoms with Gasteiger partial charge in [-0.15, -0.1) is 0 Å². The molecule has 2 heterocycles. The quantitative estimate of drug-likeness (QED) is 0.440. The first-order chi connectivity index (χ1) is 13.2. The van der Waals surface area contributed by atoms with Crippen LogP contribution in [0.5, 0.6) is 0 Å². The second-order valence-corrected chi connectivity index (χ2v) is 7.83. The van der Waals surface area contributed by atoms with E-state index in [4.69, 9.17) is 27.9 Å². The first-order valence-corrected chi connectivity index (χ1v) is 9.33. The van der Waals surface area contributed by atoms with Crippen LogP contribution in [0.1, 0.15) is 37.0 Å². The zero-order valence-corrected chi connectivity index (χ0v) is 17.1. The van der Waals surface area contributed by atoms with Crippen molar-refractivity contribution in [3.8, 4) is 0 Å². The number of hydrogen-bond donors (Lipinski definition) is 2. The van der Waals surface area contributed by atoms with E-state index in [-0.39, 0.29) is 17.4 Å². The van der Waals surface area contributed by atoms with Gasteiger partial charge in [0.1, 0.15) is 17.0 Å². The number of H-pyrrole nitrogens is 1. The highest BCUT2D eigenvalue weighted by Crippen LogP contribution is 2.32. The molecule has 1 aromatic carbocycles. The van der Waals surface area contributed by atoms with Crippen molar-refractivity contribution in [3.05, 3.63) is 58.0 Å². The van der Waals surface area contributed by atoms with E-state index < -0.39 is 5.60 Å². The Labute approximate surface area is 172 Å². The van der Waals surface area contributed by atoms with Gasteiger partial charge in [0.15, 0.2) is 0 Å². The van der Waals surface area contributed by atoms with Crippen LogP contribution in [0.15, 0.2) is 36.5 Å². The minimum Gasteiger partial charge on any atom is -0.458 e. The highest BCUT2D eigenvalue weighted by molar-refractivity contribution is 6.32. The maximum atomic E-state index is 13.1. The summed E-state index contributed by atoms with van der Waals surface area (Å²) < 4.78 is 5.32. The lowest BCUT2D eigenvalue weighted by molar-refractivity contribution is -0.152. The first-order valence-electron chi connectivity index (χ1n) is 8.57. The van der Waals surface area contributed by atoms with E-state index in [2.05, 4.69) is 15.3 Å². The van der Waals surface area contributed by atoms with Gasteiger partial charge in [-0.25, -0.2) is 0 Å². The zero-order valence-electron chi connectivity index (χ0n) is 15.6. The third-order valence-electron chi connectivity index (χ3n) is 4.05. The molecular formula is C20H19Cl2N3O3. The Hall–Kier alpha value is -2.57. The molecule has 0 saturated carbocycles. The molecule has 0 saturated heterocycles. The molecule has 0 bridgehead atoms. The number of nitrogens with zero attached hydrogens (tertiary/aromatic N) is 1. The van der Waals surface area contributed by atoms with Gasteiger partial charge < -0.3 is 15.0 Å². The molecule has 0 aliphatic rings. The fraction of sp³-hybridized carbons (Fsp3) is 0.250. The molecule has 8 heteroatoms. The fourth-order valence-electron chi connectivity index (χ4n) is 2.91. The number of esters is 1. The Morgan fingerprint density at radius 2 is 1.89 bits per heavy atom. The normalized spacial score (nSPS) is 11.5. The van der Waals surface area contributed by atoms with E-state index in [1.807, 2.05) is 6.07 Å². The van der Waals surface area contributed by atoms with Crippen molar-refractivity contribution in [2.75, 3.05) is 11.9 Å². The number of hydrogen-bond acceptors (Lipinski definition) is 5. The number of rotatable bonds is 6. The van der Waals surface area contributed by atoms with Crippen molar-refractivity contribution in [1.29, 1.82) is 0 Å². The van der Waals surface area contributed by atoms with Gasteiger partial charge in [0.2, 0.25) is 5.78 Å². The molecule has 0 fully saturated rings. The first kappa shape index (κ1) is 20.2. The number of anilines is 1. The second kappa shape index (κ2) is 7.81. The topological polar surface area (TPSA) is 84.1 Å². The summed E-state index contributed by atoms with van der Waals surface area (Å²) in [5.41, 5.74) is 1.05. The monoisotopic (exact) mass is 419 g/mol. The number of aromatic nitrogens is 2. The Kier molecular flexibility index (Phi) is 5.63. The molecule has 0 aliphatic carbocycles. The zero-order chi connectivity index (χ0) is 20.5. The summed E-state index contributed by atoms with van der Waals surface area (Å²) in [7, 11) is 0. The van der Waals surface area contributed by atoms with Crippen LogP contribution in [0.25, 0.3) is 10.9 Å². The molecule has 0 amide bonds. The van der Waals surface area contributed by atoms with Gasteiger partial charge in [-0.1, -0.05) is 23.2 Å². The van der Waals surface area contributed by atoms with E-state index >= 15 is 0 Å². The van der Waals surface area contributed by atoms with Crippen molar-refractivity contribution in [1.82, 2.24) is 9.97 Å². The van der Waals surface area contributed by atoms with Crippen LogP contribution >= 0.6 is 23.2 Å². The van der Waals surface area contributed by atoms with Gasteiger partial charge >= 0.3 is 5.97 Å². The molecule has 0 atom stereocenters. The van der Waals surface area contributed by atoms with Crippen molar-refractivity contribution < 1.29 is 14.3 Å². The van der Waals surface area contributed by atoms with Crippen LogP contribution in [0.3, 0.4) is 0 Å². The number of pyridine rings is 1. The Bertz CT molecular complexity index is 1060. The molecule has 3 aromatic rings. The maximum absolute atomic E-state index is 13.1. The smallest absolute Gasteiger partial charge is 0.303 e. The van der Waals surface area contributed by atoms with E-state index in [0.29, 0.717) is 33.5 Å². The van der Waals surface area contributed by atoms with Gasteiger partial charge in [-0.2, -0.15) is 0 Å². The SMILES string of the molecule is CC(=O)OC(C)(C)CNc1c(C(=O)c2cc(Cl)ccn2)[nH]c2cc(Cl)ccc12. The third-order valence-corrected chi connectivity index (χ3v) is 4.52. The number of benzene rings is 1. The molecule has 0 radical (unpaired) electrons. The number of carbonyl (C=O) groups is 2. The number of aromatic amines is 1. The average molecular weight is 420 g/mol. The number of carbonyl (C=O) groups excluding carboxylic acids is 2. The largest absolute Gasteiger partial charge is 0.458 e. The van der Waals surface area contributed by atoms with Gasteiger partial charge in [-0.05, 0) is 44.2 Å². The molecule has 2 N–H and O–H groups in total. The van der Waals surface area contributed by atoms with Gasteiger partial charge in [0.05, 0.1) is 12.2 Å². The summed E-state index contributed by atoms with van der Waals surface area (Å²) in [4.78, 5) is 31.6. The molecule has 0 unspecified atom stereocenters. The van der Waals surface area contributed by atoms with Crippen molar-refractivity contribution in [2.45, 2.75) is 26.4 Å². The van der Waals surface area contributed by atoms with Crippen LogP contribution in [0.2, 0.25) is 10.0 Å². The number of ether oxygens (including phenoxy) is 1. The van der Waals surface area contributed by atoms with E-state index in [0.717, 1.165) is 5.39 Å². The minimum absolute atomic E-state index is 0.215. The van der Waals surface area contributed by atoms with Gasteiger partial charge in [-0.3, -0.25) is 14.6 Å². The molecule has 28 heavy (non-hydrogen) atoms. The average Bonchev–Trinajstić information content (AvgIpc) is 2.95. The van der Waals surface area contributed by atoms with Crippen molar-refractivity contribution in [2.24, 2.45) is 0 Å². The highest BCUT2D eigenvalue weighted by Gasteiger charge is 2.25. The van der Waals surface area contributed by atoms with E-state index in [1.165, 1.54) is 19.2 Å². The van der Waals surface area contributed by atoms with Crippen LogP contribution in [-0.4, -0.2) is 33.9 Å². The maximum Gasteiger partial charge on any atom is 0.303 e. The predicted octanol–water partition coefficient (Wildman–Crippen LogP) is 4.85. The Morgan fingerprint density at radius 1 is 1.18 bits per heavy atom. The molecule has 3 rings (SSSR count). The van der Waals surface area contributed by atoms with Crippen LogP contribution in [-0.2, 0) is 9.53 Å². The number of ketones is 1. The summed E-state index contributed by atoms with van der Waals surface area (Å²) in [5.74, 6) is -0.695. The van der Waals surface area contributed by atoms with E-state index in [9.17, 15) is 9.59 Å². The molecule has 2 aromatic heterocycles. The minimum atomic E-state index is -0.767. The van der Waals surface area contributed by atoms with Gasteiger partial charge in [0.25, 0.3) is 0 Å². The molecular weight excluding hydrogens is 401 g/mol. The number of halogens is 2. The summed E-state index contributed by atoms with van der Waals surface area (Å²) in [5, 5.41) is 4.98. The molecule has 0 spiro atoms. The Morgan fingerprint density at radius 3 is 2.57 bits per heavy atom. The lowest BCUT2D eigenvalue weighted by Gasteiger charge is -2.25. The van der Waals surface area contributed by atoms with E-state index in [1.54, 1.807) is 32.0 Å². The Balaban J connectivity index is 2.03. The van der Waals surface area contributed by atoms with Crippen molar-refractivity contribution in [3.63, 3.8) is 0 Å². The highest BCUT2D eigenvalue weighted by atomic mass is 35.5. The number of nitrogens with one attached hydrogen (secondary N) is 2. The number of fused-ring (bicyclic) bond motifs is 1. The molecule has 0 aliphatic heterocycles. The van der Waals surface area contributed by atoms with Gasteiger partial charge in [0, 0.05) is 34.1 Å². The van der Waals surface area contributed by atoms with Crippen molar-refractivity contribution >= 4 is 51.5 Å². The lowest BCUT2D eigenvalue weighted by atomic mass is 10.1. The summed E-state index contributed by atoms with van der Waals surface area (Å²) in [6, 6.07) is 8.41. The standard InChI is InChI=1S/C20H19Cl2N3O3/c1-11(26)28-20(2,3)10-24-17-14-5-4-12(21)8-15(14)25-18(17)19(27)16-9-13(22)6-7-23-16/h4-9,24-25H,10H2,1-3H3. The summed E-state index contributed by atoms with van der Waals surface area (Å²) >= 11 is 12.1. The summed E-state index contributed by atoms with van der Waals surface area (Å²) in [6.45, 7) is 5.22. The fourth-order valence-corrected chi connectivity index (χ4v) is 3.24. The predicted molar refractivity (Wildman–Crippen MR) is 110 cm³/mol. The van der Waals surface area contributed by atoms with Crippen LogP contribution in [0, 0.1) is 0 Å². The van der Waals surface area contributed by atoms with Crippen LogP contribution < -0.4 is 5.32 Å². The molecule has 146 valence electrons. The summed E-state index contributed by atoms with van der Waals surface area (Å²) in [6.07, 6.45) is 1.48. The second-order valence-electron chi connectivity index (χ2n) is 6.96.